The number of hydrogen-bond donors (Lipinski definition) is 1. The lowest BCUT2D eigenvalue weighted by Crippen LogP contribution is -2.15. The minimum atomic E-state index is -0.282. The van der Waals surface area contributed by atoms with E-state index in [2.05, 4.69) is 6.08 Å². The maximum absolute atomic E-state index is 10.6. The number of allylic oxidation sites excluding steroid dienone is 1. The molecule has 0 radical (unpaired) electrons. The van der Waals surface area contributed by atoms with Crippen molar-refractivity contribution in [2.24, 2.45) is 5.92 Å². The molecule has 0 aliphatic heterocycles. The van der Waals surface area contributed by atoms with Crippen molar-refractivity contribution >= 4 is 5.97 Å². The Kier molecular flexibility index (Phi) is 5.40. The quantitative estimate of drug-likeness (QED) is 0.573. The molecule has 0 aromatic heterocycles. The van der Waals surface area contributed by atoms with Gasteiger partial charge >= 0.3 is 5.97 Å². The van der Waals surface area contributed by atoms with Gasteiger partial charge in [0.2, 0.25) is 0 Å². The van der Waals surface area contributed by atoms with E-state index < -0.39 is 0 Å². The summed E-state index contributed by atoms with van der Waals surface area (Å²) < 4.78 is 4.89. The molecule has 0 spiro atoms. The van der Waals surface area contributed by atoms with E-state index in [0.29, 0.717) is 6.61 Å². The Morgan fingerprint density at radius 1 is 1.47 bits per heavy atom. The molecule has 1 fully saturated rings. The van der Waals surface area contributed by atoms with E-state index in [9.17, 15) is 4.79 Å². The summed E-state index contributed by atoms with van der Waals surface area (Å²) in [5.41, 5.74) is 1.41. The molecule has 1 N–H and O–H groups in total. The first kappa shape index (κ1) is 12.2. The zero-order valence-electron chi connectivity index (χ0n) is 9.37. The zero-order valence-corrected chi connectivity index (χ0v) is 9.37. The number of rotatable bonds is 4. The Morgan fingerprint density at radius 2 is 2.13 bits per heavy atom. The molecule has 0 aromatic carbocycles. The van der Waals surface area contributed by atoms with Crippen LogP contribution in [0.25, 0.3) is 0 Å². The van der Waals surface area contributed by atoms with Crippen LogP contribution >= 0.6 is 0 Å². The third-order valence-electron chi connectivity index (χ3n) is 2.70. The first-order chi connectivity index (χ1) is 7.22. The van der Waals surface area contributed by atoms with Crippen LogP contribution in [0.5, 0.6) is 0 Å². The summed E-state index contributed by atoms with van der Waals surface area (Å²) >= 11 is 0. The van der Waals surface area contributed by atoms with Crippen LogP contribution in [0, 0.1) is 5.92 Å². The molecule has 1 rings (SSSR count). The van der Waals surface area contributed by atoms with Crippen LogP contribution in [0.15, 0.2) is 11.6 Å². The van der Waals surface area contributed by atoms with Crippen LogP contribution in [-0.4, -0.2) is 24.3 Å². The van der Waals surface area contributed by atoms with Crippen molar-refractivity contribution in [2.75, 3.05) is 13.2 Å². The normalized spacial score (nSPS) is 18.4. The van der Waals surface area contributed by atoms with Gasteiger partial charge in [-0.25, -0.2) is 0 Å². The lowest BCUT2D eigenvalue weighted by atomic mass is 9.92. The van der Waals surface area contributed by atoms with Gasteiger partial charge < -0.3 is 9.84 Å². The number of ether oxygens (including phenoxy) is 1. The standard InChI is InChI=1S/C12H20O3/c1-10(14)15-9-12(8-13)7-11-5-3-2-4-6-11/h7,12-13H,2-6,8-9H2,1H3/t12-/m1/s1. The second kappa shape index (κ2) is 6.62. The third-order valence-corrected chi connectivity index (χ3v) is 2.70. The molecule has 1 aliphatic rings. The van der Waals surface area contributed by atoms with E-state index in [1.165, 1.54) is 31.8 Å². The summed E-state index contributed by atoms with van der Waals surface area (Å²) in [4.78, 5) is 10.6. The predicted molar refractivity (Wildman–Crippen MR) is 58.4 cm³/mol. The molecule has 0 aromatic rings. The second-order valence-corrected chi connectivity index (χ2v) is 4.13. The number of hydrogen-bond acceptors (Lipinski definition) is 3. The molecule has 15 heavy (non-hydrogen) atoms. The Bertz CT molecular complexity index is 225. The first-order valence-electron chi connectivity index (χ1n) is 5.66. The number of carbonyl (C=O) groups is 1. The monoisotopic (exact) mass is 212 g/mol. The van der Waals surface area contributed by atoms with Crippen LogP contribution < -0.4 is 0 Å². The predicted octanol–water partition coefficient (Wildman–Crippen LogP) is 2.05. The van der Waals surface area contributed by atoms with E-state index in [-0.39, 0.29) is 18.5 Å². The van der Waals surface area contributed by atoms with E-state index in [0.717, 1.165) is 12.8 Å². The summed E-state index contributed by atoms with van der Waals surface area (Å²) in [7, 11) is 0. The molecule has 0 saturated heterocycles. The van der Waals surface area contributed by atoms with Crippen LogP contribution in [-0.2, 0) is 9.53 Å². The van der Waals surface area contributed by atoms with Gasteiger partial charge in [-0.05, 0) is 25.7 Å². The Morgan fingerprint density at radius 3 is 2.67 bits per heavy atom. The number of carbonyl (C=O) groups excluding carboxylic acids is 1. The van der Waals surface area contributed by atoms with E-state index in [4.69, 9.17) is 9.84 Å². The van der Waals surface area contributed by atoms with E-state index in [1.54, 1.807) is 0 Å². The fraction of sp³-hybridized carbons (Fsp3) is 0.750. The number of esters is 1. The highest BCUT2D eigenvalue weighted by atomic mass is 16.5. The molecular weight excluding hydrogens is 192 g/mol. The van der Waals surface area contributed by atoms with Crippen molar-refractivity contribution in [3.63, 3.8) is 0 Å². The topological polar surface area (TPSA) is 46.5 Å². The van der Waals surface area contributed by atoms with E-state index in [1.807, 2.05) is 0 Å². The lowest BCUT2D eigenvalue weighted by molar-refractivity contribution is -0.142. The summed E-state index contributed by atoms with van der Waals surface area (Å²) in [6.07, 6.45) is 8.16. The van der Waals surface area contributed by atoms with Crippen molar-refractivity contribution in [1.82, 2.24) is 0 Å². The van der Waals surface area contributed by atoms with Gasteiger partial charge in [0.05, 0.1) is 13.2 Å². The minimum Gasteiger partial charge on any atom is -0.465 e. The third kappa shape index (κ3) is 4.98. The van der Waals surface area contributed by atoms with E-state index >= 15 is 0 Å². The van der Waals surface area contributed by atoms with Gasteiger partial charge in [-0.2, -0.15) is 0 Å². The Hall–Kier alpha value is -0.830. The first-order valence-corrected chi connectivity index (χ1v) is 5.66. The number of aliphatic hydroxyl groups is 1. The van der Waals surface area contributed by atoms with Crippen molar-refractivity contribution in [1.29, 1.82) is 0 Å². The van der Waals surface area contributed by atoms with Gasteiger partial charge in [-0.3, -0.25) is 4.79 Å². The molecule has 0 bridgehead atoms. The smallest absolute Gasteiger partial charge is 0.302 e. The largest absolute Gasteiger partial charge is 0.465 e. The van der Waals surface area contributed by atoms with Gasteiger partial charge in [0.25, 0.3) is 0 Å². The fourth-order valence-corrected chi connectivity index (χ4v) is 1.88. The van der Waals surface area contributed by atoms with Crippen LogP contribution in [0.2, 0.25) is 0 Å². The van der Waals surface area contributed by atoms with Gasteiger partial charge in [0.1, 0.15) is 0 Å². The SMILES string of the molecule is CC(=O)OC[C@H](C=C1CCCCC1)CO. The molecule has 0 unspecified atom stereocenters. The molecule has 1 atom stereocenters. The minimum absolute atomic E-state index is 0.0259. The fourth-order valence-electron chi connectivity index (χ4n) is 1.88. The summed E-state index contributed by atoms with van der Waals surface area (Å²) in [6.45, 7) is 1.74. The van der Waals surface area contributed by atoms with Gasteiger partial charge in [0.15, 0.2) is 0 Å². The molecule has 86 valence electrons. The summed E-state index contributed by atoms with van der Waals surface area (Å²) in [5.74, 6) is -0.308. The van der Waals surface area contributed by atoms with Gasteiger partial charge in [-0.15, -0.1) is 0 Å². The maximum atomic E-state index is 10.6. The maximum Gasteiger partial charge on any atom is 0.302 e. The van der Waals surface area contributed by atoms with Crippen LogP contribution in [0.4, 0.5) is 0 Å². The Balaban J connectivity index is 2.39. The molecule has 0 amide bonds. The highest BCUT2D eigenvalue weighted by Gasteiger charge is 2.10. The molecule has 3 nitrogen and oxygen atoms in total. The van der Waals surface area contributed by atoms with Crippen molar-refractivity contribution in [3.8, 4) is 0 Å². The summed E-state index contributed by atoms with van der Waals surface area (Å²) in [6, 6.07) is 0. The average molecular weight is 212 g/mol. The highest BCUT2D eigenvalue weighted by Crippen LogP contribution is 2.24. The lowest BCUT2D eigenvalue weighted by Gasteiger charge is -2.17. The highest BCUT2D eigenvalue weighted by molar-refractivity contribution is 5.65. The molecule has 1 saturated carbocycles. The number of aliphatic hydroxyl groups excluding tert-OH is 1. The average Bonchev–Trinajstić information content (AvgIpc) is 2.25. The molecular formula is C12H20O3. The van der Waals surface area contributed by atoms with Crippen LogP contribution in [0.1, 0.15) is 39.0 Å². The van der Waals surface area contributed by atoms with Crippen molar-refractivity contribution < 1.29 is 14.6 Å². The van der Waals surface area contributed by atoms with Gasteiger partial charge in [-0.1, -0.05) is 18.1 Å². The Labute approximate surface area is 91.1 Å². The molecule has 0 heterocycles. The molecule has 1 aliphatic carbocycles. The second-order valence-electron chi connectivity index (χ2n) is 4.13. The van der Waals surface area contributed by atoms with Gasteiger partial charge in [0, 0.05) is 12.8 Å². The zero-order chi connectivity index (χ0) is 11.1. The summed E-state index contributed by atoms with van der Waals surface area (Å²) in [5, 5.41) is 9.13. The molecule has 3 heteroatoms. The van der Waals surface area contributed by atoms with Crippen LogP contribution in [0.3, 0.4) is 0 Å². The van der Waals surface area contributed by atoms with Crippen molar-refractivity contribution in [2.45, 2.75) is 39.0 Å². The van der Waals surface area contributed by atoms with Crippen molar-refractivity contribution in [3.05, 3.63) is 11.6 Å².